The number of aromatic nitrogens is 1. The minimum atomic E-state index is -0.00897. The summed E-state index contributed by atoms with van der Waals surface area (Å²) in [6.45, 7) is 6.43. The normalized spacial score (nSPS) is 12.4. The molecule has 2 rings (SSSR count). The van der Waals surface area contributed by atoms with Gasteiger partial charge in [0.15, 0.2) is 0 Å². The van der Waals surface area contributed by atoms with Gasteiger partial charge in [-0.25, -0.2) is 0 Å². The van der Waals surface area contributed by atoms with Crippen molar-refractivity contribution >= 4 is 38.4 Å². The van der Waals surface area contributed by atoms with Crippen molar-refractivity contribution in [2.75, 3.05) is 11.9 Å². The summed E-state index contributed by atoms with van der Waals surface area (Å²) in [7, 11) is 0. The highest BCUT2D eigenvalue weighted by atomic mass is 79.9. The van der Waals surface area contributed by atoms with Gasteiger partial charge < -0.3 is 10.6 Å². The molecule has 1 atom stereocenters. The molecule has 2 aromatic rings. The van der Waals surface area contributed by atoms with Crippen molar-refractivity contribution in [2.45, 2.75) is 26.8 Å². The zero-order valence-electron chi connectivity index (χ0n) is 12.5. The lowest BCUT2D eigenvalue weighted by Crippen LogP contribution is -2.39. The molecule has 4 nitrogen and oxygen atoms in total. The zero-order chi connectivity index (χ0) is 15.4. The Morgan fingerprint density at radius 3 is 2.81 bits per heavy atom. The first kappa shape index (κ1) is 15.8. The molecule has 1 unspecified atom stereocenters. The summed E-state index contributed by atoms with van der Waals surface area (Å²) in [6.07, 6.45) is 1.76. The fraction of sp³-hybridized carbons (Fsp3) is 0.375. The number of carbonyl (C=O) groups excluding carboxylic acids is 1. The highest BCUT2D eigenvalue weighted by molar-refractivity contribution is 9.10. The molecule has 1 heterocycles. The SMILES string of the molecule is CC(C)C(C)NC(=O)CNc1cccc2cc(Br)cnc12. The molecular weight excluding hydrogens is 330 g/mol. The van der Waals surface area contributed by atoms with E-state index >= 15 is 0 Å². The predicted molar refractivity (Wildman–Crippen MR) is 90.4 cm³/mol. The van der Waals surface area contributed by atoms with Crippen molar-refractivity contribution in [3.8, 4) is 0 Å². The Kier molecular flexibility index (Phi) is 5.17. The third-order valence-corrected chi connectivity index (χ3v) is 3.94. The van der Waals surface area contributed by atoms with Crippen molar-refractivity contribution in [1.82, 2.24) is 10.3 Å². The van der Waals surface area contributed by atoms with Crippen LogP contribution in [0.15, 0.2) is 34.9 Å². The molecule has 5 heteroatoms. The Morgan fingerprint density at radius 2 is 2.10 bits per heavy atom. The zero-order valence-corrected chi connectivity index (χ0v) is 14.1. The van der Waals surface area contributed by atoms with Crippen LogP contribution in [-0.2, 0) is 4.79 Å². The summed E-state index contributed by atoms with van der Waals surface area (Å²) in [6, 6.07) is 8.06. The third-order valence-electron chi connectivity index (χ3n) is 3.51. The van der Waals surface area contributed by atoms with Gasteiger partial charge in [0.05, 0.1) is 17.7 Å². The summed E-state index contributed by atoms with van der Waals surface area (Å²) < 4.78 is 0.940. The number of para-hydroxylation sites is 1. The molecule has 0 radical (unpaired) electrons. The standard InChI is InChI=1S/C16H20BrN3O/c1-10(2)11(3)20-15(21)9-18-14-6-4-5-12-7-13(17)8-19-16(12)14/h4-8,10-11,18H,9H2,1-3H3,(H,20,21). The second-order valence-electron chi connectivity index (χ2n) is 5.48. The van der Waals surface area contributed by atoms with E-state index in [1.54, 1.807) is 6.20 Å². The molecule has 2 N–H and O–H groups in total. The average molecular weight is 350 g/mol. The monoisotopic (exact) mass is 349 g/mol. The second kappa shape index (κ2) is 6.89. The Labute approximate surface area is 133 Å². The number of fused-ring (bicyclic) bond motifs is 1. The molecule has 0 aliphatic rings. The highest BCUT2D eigenvalue weighted by Crippen LogP contribution is 2.23. The first-order chi connectivity index (χ1) is 9.97. The number of rotatable bonds is 5. The lowest BCUT2D eigenvalue weighted by Gasteiger charge is -2.18. The lowest BCUT2D eigenvalue weighted by atomic mass is 10.1. The summed E-state index contributed by atoms with van der Waals surface area (Å²) >= 11 is 3.41. The van der Waals surface area contributed by atoms with Crippen molar-refractivity contribution in [3.63, 3.8) is 0 Å². The lowest BCUT2D eigenvalue weighted by molar-refractivity contribution is -0.120. The Morgan fingerprint density at radius 1 is 1.33 bits per heavy atom. The first-order valence-electron chi connectivity index (χ1n) is 7.05. The van der Waals surface area contributed by atoms with E-state index in [2.05, 4.69) is 45.4 Å². The number of benzene rings is 1. The van der Waals surface area contributed by atoms with Crippen LogP contribution in [0.5, 0.6) is 0 Å². The van der Waals surface area contributed by atoms with Gasteiger partial charge in [-0.2, -0.15) is 0 Å². The Hall–Kier alpha value is -1.62. The smallest absolute Gasteiger partial charge is 0.239 e. The molecule has 1 aromatic carbocycles. The molecule has 1 aromatic heterocycles. The van der Waals surface area contributed by atoms with Crippen molar-refractivity contribution in [2.24, 2.45) is 5.92 Å². The maximum atomic E-state index is 11.9. The number of hydrogen-bond donors (Lipinski definition) is 2. The van der Waals surface area contributed by atoms with Crippen LogP contribution >= 0.6 is 15.9 Å². The van der Waals surface area contributed by atoms with E-state index in [-0.39, 0.29) is 18.5 Å². The van der Waals surface area contributed by atoms with E-state index in [0.29, 0.717) is 5.92 Å². The molecule has 0 aliphatic heterocycles. The molecule has 112 valence electrons. The number of carbonyl (C=O) groups is 1. The number of anilines is 1. The van der Waals surface area contributed by atoms with E-state index < -0.39 is 0 Å². The van der Waals surface area contributed by atoms with Crippen LogP contribution in [0, 0.1) is 5.92 Å². The summed E-state index contributed by atoms with van der Waals surface area (Å²) in [5.74, 6) is 0.413. The van der Waals surface area contributed by atoms with Gasteiger partial charge in [0.2, 0.25) is 5.91 Å². The van der Waals surface area contributed by atoms with Gasteiger partial charge in [-0.3, -0.25) is 9.78 Å². The van der Waals surface area contributed by atoms with Gasteiger partial charge >= 0.3 is 0 Å². The molecule has 1 amide bonds. The van der Waals surface area contributed by atoms with Crippen LogP contribution in [0.4, 0.5) is 5.69 Å². The number of halogens is 1. The number of hydrogen-bond acceptors (Lipinski definition) is 3. The topological polar surface area (TPSA) is 54.0 Å². The fourth-order valence-corrected chi connectivity index (χ4v) is 2.27. The van der Waals surface area contributed by atoms with Gasteiger partial charge in [-0.15, -0.1) is 0 Å². The fourth-order valence-electron chi connectivity index (χ4n) is 1.92. The summed E-state index contributed by atoms with van der Waals surface area (Å²) in [4.78, 5) is 16.3. The van der Waals surface area contributed by atoms with Gasteiger partial charge in [0.25, 0.3) is 0 Å². The summed E-state index contributed by atoms with van der Waals surface area (Å²) in [5.41, 5.74) is 1.73. The van der Waals surface area contributed by atoms with Crippen LogP contribution in [0.3, 0.4) is 0 Å². The quantitative estimate of drug-likeness (QED) is 0.867. The number of amides is 1. The van der Waals surface area contributed by atoms with Crippen molar-refractivity contribution in [1.29, 1.82) is 0 Å². The Balaban J connectivity index is 2.05. The van der Waals surface area contributed by atoms with Gasteiger partial charge in [-0.1, -0.05) is 26.0 Å². The van der Waals surface area contributed by atoms with Crippen LogP contribution in [0.2, 0.25) is 0 Å². The van der Waals surface area contributed by atoms with Crippen molar-refractivity contribution < 1.29 is 4.79 Å². The molecular formula is C16H20BrN3O. The Bertz CT molecular complexity index is 642. The van der Waals surface area contributed by atoms with Crippen molar-refractivity contribution in [3.05, 3.63) is 34.9 Å². The van der Waals surface area contributed by atoms with Crippen LogP contribution in [0.1, 0.15) is 20.8 Å². The maximum absolute atomic E-state index is 11.9. The summed E-state index contributed by atoms with van der Waals surface area (Å²) in [5, 5.41) is 7.17. The van der Waals surface area contributed by atoms with Crippen LogP contribution in [-0.4, -0.2) is 23.5 Å². The van der Waals surface area contributed by atoms with Gasteiger partial charge in [0, 0.05) is 22.1 Å². The van der Waals surface area contributed by atoms with E-state index in [0.717, 1.165) is 21.1 Å². The number of pyridine rings is 1. The van der Waals surface area contributed by atoms with Gasteiger partial charge in [0.1, 0.15) is 0 Å². The van der Waals surface area contributed by atoms with E-state index in [1.165, 1.54) is 0 Å². The molecule has 0 fully saturated rings. The molecule has 0 bridgehead atoms. The molecule has 0 saturated carbocycles. The molecule has 0 spiro atoms. The molecule has 0 saturated heterocycles. The second-order valence-corrected chi connectivity index (χ2v) is 6.40. The minimum Gasteiger partial charge on any atom is -0.374 e. The van der Waals surface area contributed by atoms with Crippen LogP contribution < -0.4 is 10.6 Å². The largest absolute Gasteiger partial charge is 0.374 e. The average Bonchev–Trinajstić information content (AvgIpc) is 2.44. The maximum Gasteiger partial charge on any atom is 0.239 e. The number of nitrogens with one attached hydrogen (secondary N) is 2. The van der Waals surface area contributed by atoms with E-state index in [9.17, 15) is 4.79 Å². The highest BCUT2D eigenvalue weighted by Gasteiger charge is 2.11. The van der Waals surface area contributed by atoms with E-state index in [4.69, 9.17) is 0 Å². The molecule has 0 aliphatic carbocycles. The predicted octanol–water partition coefficient (Wildman–Crippen LogP) is 3.57. The van der Waals surface area contributed by atoms with E-state index in [1.807, 2.05) is 31.2 Å². The molecule has 21 heavy (non-hydrogen) atoms. The van der Waals surface area contributed by atoms with Gasteiger partial charge in [-0.05, 0) is 40.9 Å². The number of nitrogens with zero attached hydrogens (tertiary/aromatic N) is 1. The third kappa shape index (κ3) is 4.17. The van der Waals surface area contributed by atoms with Crippen LogP contribution in [0.25, 0.3) is 10.9 Å². The minimum absolute atomic E-state index is 0.00897. The first-order valence-corrected chi connectivity index (χ1v) is 7.84.